The molecule has 108 valence electrons. The normalized spacial score (nSPS) is 27.5. The molecule has 21 heavy (non-hydrogen) atoms. The molecule has 2 saturated heterocycles. The second-order valence-corrected chi connectivity index (χ2v) is 6.81. The van der Waals surface area contributed by atoms with Crippen LogP contribution in [0.1, 0.15) is 50.5 Å². The number of allylic oxidation sites excluding steroid dienone is 1. The van der Waals surface area contributed by atoms with Crippen molar-refractivity contribution in [3.8, 4) is 6.07 Å². The lowest BCUT2D eigenvalue weighted by Crippen LogP contribution is -2.41. The zero-order chi connectivity index (χ0) is 14.4. The van der Waals surface area contributed by atoms with E-state index in [-0.39, 0.29) is 0 Å². The van der Waals surface area contributed by atoms with Crippen molar-refractivity contribution in [1.29, 1.82) is 5.26 Å². The summed E-state index contributed by atoms with van der Waals surface area (Å²) in [5, 5.41) is 9.56. The van der Waals surface area contributed by atoms with E-state index in [0.29, 0.717) is 22.7 Å². The molecular formula is C17H18ClN3. The fourth-order valence-electron chi connectivity index (χ4n) is 4.04. The predicted octanol–water partition coefficient (Wildman–Crippen LogP) is 4.22. The standard InChI is InChI=1S/C17H18ClN3/c18-16-6-11(9-19)10-20-17(16)21-14-4-5-15(21)8-13(7-14)12-2-1-3-12/h6,10,14-15H,1-5,7-8H2. The molecule has 2 unspecified atom stereocenters. The Balaban J connectivity index is 1.64. The molecule has 0 radical (unpaired) electrons. The van der Waals surface area contributed by atoms with Crippen LogP contribution in [0.4, 0.5) is 5.82 Å². The van der Waals surface area contributed by atoms with E-state index < -0.39 is 0 Å². The Labute approximate surface area is 130 Å². The highest BCUT2D eigenvalue weighted by Crippen LogP contribution is 2.45. The number of halogens is 1. The Bertz CT molecular complexity index is 636. The summed E-state index contributed by atoms with van der Waals surface area (Å²) in [5.74, 6) is 0.876. The molecule has 2 atom stereocenters. The van der Waals surface area contributed by atoms with Gasteiger partial charge in [-0.3, -0.25) is 0 Å². The summed E-state index contributed by atoms with van der Waals surface area (Å²) in [5.41, 5.74) is 3.98. The Kier molecular flexibility index (Phi) is 3.15. The number of hydrogen-bond acceptors (Lipinski definition) is 3. The van der Waals surface area contributed by atoms with E-state index in [1.807, 2.05) is 0 Å². The minimum Gasteiger partial charge on any atom is -0.349 e. The fraction of sp³-hybridized carbons (Fsp3) is 0.529. The van der Waals surface area contributed by atoms with Crippen LogP contribution in [0.25, 0.3) is 0 Å². The van der Waals surface area contributed by atoms with Gasteiger partial charge in [0, 0.05) is 18.3 Å². The Hall–Kier alpha value is -1.53. The van der Waals surface area contributed by atoms with Crippen molar-refractivity contribution in [2.45, 2.75) is 57.0 Å². The van der Waals surface area contributed by atoms with Gasteiger partial charge >= 0.3 is 0 Å². The highest BCUT2D eigenvalue weighted by molar-refractivity contribution is 6.33. The number of aromatic nitrogens is 1. The second-order valence-electron chi connectivity index (χ2n) is 6.40. The van der Waals surface area contributed by atoms with Crippen molar-refractivity contribution in [1.82, 2.24) is 4.98 Å². The largest absolute Gasteiger partial charge is 0.349 e. The first-order chi connectivity index (χ1) is 10.3. The van der Waals surface area contributed by atoms with E-state index in [2.05, 4.69) is 16.0 Å². The summed E-state index contributed by atoms with van der Waals surface area (Å²) in [4.78, 5) is 6.90. The highest BCUT2D eigenvalue weighted by atomic mass is 35.5. The van der Waals surface area contributed by atoms with Crippen molar-refractivity contribution in [2.24, 2.45) is 0 Å². The lowest BCUT2D eigenvalue weighted by atomic mass is 9.82. The van der Waals surface area contributed by atoms with E-state index in [1.54, 1.807) is 23.4 Å². The molecule has 0 amide bonds. The van der Waals surface area contributed by atoms with Gasteiger partial charge in [-0.1, -0.05) is 22.7 Å². The summed E-state index contributed by atoms with van der Waals surface area (Å²) in [6.45, 7) is 0. The van der Waals surface area contributed by atoms with Gasteiger partial charge in [-0.25, -0.2) is 4.98 Å². The molecule has 1 aliphatic carbocycles. The smallest absolute Gasteiger partial charge is 0.147 e. The minimum atomic E-state index is 0.533. The second kappa shape index (κ2) is 5.03. The number of rotatable bonds is 1. The zero-order valence-corrected chi connectivity index (χ0v) is 12.7. The molecule has 0 N–H and O–H groups in total. The first-order valence-corrected chi connectivity index (χ1v) is 8.18. The molecule has 3 fully saturated rings. The molecule has 3 aliphatic rings. The van der Waals surface area contributed by atoms with Gasteiger partial charge in [0.25, 0.3) is 0 Å². The number of piperidine rings is 1. The fourth-order valence-corrected chi connectivity index (χ4v) is 4.30. The quantitative estimate of drug-likeness (QED) is 0.729. The molecule has 4 rings (SSSR count). The zero-order valence-electron chi connectivity index (χ0n) is 12.0. The molecule has 1 aromatic heterocycles. The molecule has 0 aromatic carbocycles. The molecule has 1 aromatic rings. The SMILES string of the molecule is N#Cc1cnc(N2C3CCC2CC(=C2CCC2)C3)c(Cl)c1. The van der Waals surface area contributed by atoms with E-state index in [1.165, 1.54) is 44.9 Å². The predicted molar refractivity (Wildman–Crippen MR) is 83.4 cm³/mol. The van der Waals surface area contributed by atoms with Crippen molar-refractivity contribution in [3.05, 3.63) is 34.0 Å². The number of nitriles is 1. The minimum absolute atomic E-state index is 0.533. The van der Waals surface area contributed by atoms with Crippen LogP contribution in [0, 0.1) is 11.3 Å². The molecule has 1 saturated carbocycles. The van der Waals surface area contributed by atoms with E-state index >= 15 is 0 Å². The molecule has 2 bridgehead atoms. The van der Waals surface area contributed by atoms with Crippen LogP contribution in [-0.4, -0.2) is 17.1 Å². The molecule has 3 nitrogen and oxygen atoms in total. The lowest BCUT2D eigenvalue weighted by Gasteiger charge is -2.39. The number of anilines is 1. The third kappa shape index (κ3) is 2.13. The highest BCUT2D eigenvalue weighted by Gasteiger charge is 2.41. The van der Waals surface area contributed by atoms with Crippen molar-refractivity contribution < 1.29 is 0 Å². The van der Waals surface area contributed by atoms with Gasteiger partial charge < -0.3 is 4.90 Å². The van der Waals surface area contributed by atoms with Crippen LogP contribution in [0.5, 0.6) is 0 Å². The average molecular weight is 300 g/mol. The number of hydrogen-bond donors (Lipinski definition) is 0. The average Bonchev–Trinajstić information content (AvgIpc) is 2.67. The molecule has 2 aliphatic heterocycles. The molecular weight excluding hydrogens is 282 g/mol. The Morgan fingerprint density at radius 2 is 1.90 bits per heavy atom. The lowest BCUT2D eigenvalue weighted by molar-refractivity contribution is 0.519. The topological polar surface area (TPSA) is 39.9 Å². The van der Waals surface area contributed by atoms with Crippen LogP contribution in [0.3, 0.4) is 0 Å². The van der Waals surface area contributed by atoms with E-state index in [9.17, 15) is 0 Å². The van der Waals surface area contributed by atoms with Crippen LogP contribution < -0.4 is 4.90 Å². The van der Waals surface area contributed by atoms with Gasteiger partial charge in [-0.2, -0.15) is 5.26 Å². The van der Waals surface area contributed by atoms with Crippen LogP contribution in [0.15, 0.2) is 23.4 Å². The van der Waals surface area contributed by atoms with Gasteiger partial charge in [-0.05, 0) is 51.0 Å². The molecule has 0 spiro atoms. The Morgan fingerprint density at radius 1 is 1.19 bits per heavy atom. The van der Waals surface area contributed by atoms with Crippen LogP contribution in [-0.2, 0) is 0 Å². The maximum Gasteiger partial charge on any atom is 0.147 e. The summed E-state index contributed by atoms with van der Waals surface area (Å²) in [6.07, 6.45) is 10.5. The first-order valence-electron chi connectivity index (χ1n) is 7.80. The number of nitrogens with zero attached hydrogens (tertiary/aromatic N) is 3. The van der Waals surface area contributed by atoms with E-state index in [0.717, 1.165) is 5.82 Å². The van der Waals surface area contributed by atoms with Gasteiger partial charge in [0.15, 0.2) is 0 Å². The van der Waals surface area contributed by atoms with Crippen LogP contribution >= 0.6 is 11.6 Å². The van der Waals surface area contributed by atoms with Crippen molar-refractivity contribution in [2.75, 3.05) is 4.90 Å². The molecule has 3 heterocycles. The summed E-state index contributed by atoms with van der Waals surface area (Å²) < 4.78 is 0. The van der Waals surface area contributed by atoms with Gasteiger partial charge in [0.1, 0.15) is 11.9 Å². The Morgan fingerprint density at radius 3 is 2.43 bits per heavy atom. The maximum absolute atomic E-state index is 8.94. The van der Waals surface area contributed by atoms with Crippen LogP contribution in [0.2, 0.25) is 5.02 Å². The maximum atomic E-state index is 8.94. The van der Waals surface area contributed by atoms with Gasteiger partial charge in [0.2, 0.25) is 0 Å². The monoisotopic (exact) mass is 299 g/mol. The van der Waals surface area contributed by atoms with Crippen molar-refractivity contribution >= 4 is 17.4 Å². The third-order valence-electron chi connectivity index (χ3n) is 5.24. The van der Waals surface area contributed by atoms with Gasteiger partial charge in [-0.15, -0.1) is 0 Å². The van der Waals surface area contributed by atoms with E-state index in [4.69, 9.17) is 16.9 Å². The summed E-state index contributed by atoms with van der Waals surface area (Å²) >= 11 is 6.37. The van der Waals surface area contributed by atoms with Gasteiger partial charge in [0.05, 0.1) is 10.6 Å². The van der Waals surface area contributed by atoms with Crippen molar-refractivity contribution in [3.63, 3.8) is 0 Å². The number of pyridine rings is 1. The first kappa shape index (κ1) is 13.2. The summed E-state index contributed by atoms with van der Waals surface area (Å²) in [7, 11) is 0. The summed E-state index contributed by atoms with van der Waals surface area (Å²) in [6, 6.07) is 4.93. The molecule has 4 heteroatoms. The third-order valence-corrected chi connectivity index (χ3v) is 5.51. The number of fused-ring (bicyclic) bond motifs is 2.